The molecule has 2 atom stereocenters. The largest absolute Gasteiger partial charge is 0.383 e. The van der Waals surface area contributed by atoms with Crippen molar-refractivity contribution >= 4 is 0 Å². The molecule has 0 aromatic rings. The molecule has 1 aliphatic rings. The second-order valence-corrected chi connectivity index (χ2v) is 3.83. The molecule has 1 rings (SSSR count). The summed E-state index contributed by atoms with van der Waals surface area (Å²) in [5, 5.41) is 3.39. The van der Waals surface area contributed by atoms with Crippen molar-refractivity contribution in [3.05, 3.63) is 0 Å². The fourth-order valence-electron chi connectivity index (χ4n) is 2.00. The molecule has 0 bridgehead atoms. The molecule has 0 spiro atoms. The SMILES string of the molecule is CCC(COC)N(C)C1CCNC1. The summed E-state index contributed by atoms with van der Waals surface area (Å²) >= 11 is 0. The number of nitrogens with one attached hydrogen (secondary N) is 1. The van der Waals surface area contributed by atoms with E-state index in [1.165, 1.54) is 19.4 Å². The quantitative estimate of drug-likeness (QED) is 0.684. The smallest absolute Gasteiger partial charge is 0.0617 e. The molecule has 13 heavy (non-hydrogen) atoms. The van der Waals surface area contributed by atoms with Gasteiger partial charge in [-0.05, 0) is 26.4 Å². The standard InChI is InChI=1S/C10H22N2O/c1-4-9(8-13-3)12(2)10-5-6-11-7-10/h9-11H,4-8H2,1-3H3. The fraction of sp³-hybridized carbons (Fsp3) is 1.00. The molecule has 0 aromatic heterocycles. The van der Waals surface area contributed by atoms with Gasteiger partial charge in [-0.25, -0.2) is 0 Å². The predicted molar refractivity (Wildman–Crippen MR) is 55.0 cm³/mol. The molecule has 1 heterocycles. The van der Waals surface area contributed by atoms with Crippen LogP contribution < -0.4 is 5.32 Å². The van der Waals surface area contributed by atoms with Crippen molar-refractivity contribution in [2.24, 2.45) is 0 Å². The monoisotopic (exact) mass is 186 g/mol. The molecule has 0 amide bonds. The van der Waals surface area contributed by atoms with Crippen molar-refractivity contribution in [1.29, 1.82) is 0 Å². The van der Waals surface area contributed by atoms with Gasteiger partial charge in [0.1, 0.15) is 0 Å². The molecular formula is C10H22N2O. The number of likely N-dealkylation sites (N-methyl/N-ethyl adjacent to an activating group) is 1. The van der Waals surface area contributed by atoms with E-state index in [9.17, 15) is 0 Å². The normalized spacial score (nSPS) is 25.4. The average molecular weight is 186 g/mol. The number of rotatable bonds is 5. The Morgan fingerprint density at radius 2 is 2.38 bits per heavy atom. The molecule has 1 N–H and O–H groups in total. The average Bonchev–Trinajstić information content (AvgIpc) is 2.65. The van der Waals surface area contributed by atoms with Crippen molar-refractivity contribution < 1.29 is 4.74 Å². The van der Waals surface area contributed by atoms with Gasteiger partial charge in [0, 0.05) is 25.7 Å². The lowest BCUT2D eigenvalue weighted by Gasteiger charge is -2.31. The van der Waals surface area contributed by atoms with E-state index in [4.69, 9.17) is 4.74 Å². The third-order valence-electron chi connectivity index (χ3n) is 3.02. The van der Waals surface area contributed by atoms with E-state index in [1.54, 1.807) is 7.11 Å². The van der Waals surface area contributed by atoms with Crippen LogP contribution in [0.4, 0.5) is 0 Å². The molecule has 1 aliphatic heterocycles. The number of hydrogen-bond donors (Lipinski definition) is 1. The molecule has 3 nitrogen and oxygen atoms in total. The second kappa shape index (κ2) is 5.58. The zero-order valence-corrected chi connectivity index (χ0v) is 9.05. The van der Waals surface area contributed by atoms with Crippen LogP contribution in [0.3, 0.4) is 0 Å². The van der Waals surface area contributed by atoms with Crippen molar-refractivity contribution in [2.75, 3.05) is 33.9 Å². The first-order valence-electron chi connectivity index (χ1n) is 5.21. The van der Waals surface area contributed by atoms with Gasteiger partial charge in [-0.3, -0.25) is 4.90 Å². The summed E-state index contributed by atoms with van der Waals surface area (Å²) in [6.45, 7) is 5.38. The van der Waals surface area contributed by atoms with Crippen LogP contribution in [0.2, 0.25) is 0 Å². The fourth-order valence-corrected chi connectivity index (χ4v) is 2.00. The predicted octanol–water partition coefficient (Wildman–Crippen LogP) is 0.705. The third-order valence-corrected chi connectivity index (χ3v) is 3.02. The van der Waals surface area contributed by atoms with Crippen LogP contribution in [0.5, 0.6) is 0 Å². The first-order chi connectivity index (χ1) is 6.29. The lowest BCUT2D eigenvalue weighted by Crippen LogP contribution is -2.43. The van der Waals surface area contributed by atoms with E-state index in [-0.39, 0.29) is 0 Å². The van der Waals surface area contributed by atoms with Crippen LogP contribution in [0, 0.1) is 0 Å². The summed E-state index contributed by atoms with van der Waals surface area (Å²) in [6.07, 6.45) is 2.44. The Morgan fingerprint density at radius 3 is 2.85 bits per heavy atom. The minimum atomic E-state index is 0.579. The summed E-state index contributed by atoms with van der Waals surface area (Å²) in [4.78, 5) is 2.46. The highest BCUT2D eigenvalue weighted by Gasteiger charge is 2.24. The van der Waals surface area contributed by atoms with Crippen LogP contribution in [0.1, 0.15) is 19.8 Å². The molecule has 78 valence electrons. The zero-order valence-electron chi connectivity index (χ0n) is 9.05. The molecule has 0 aromatic carbocycles. The number of ether oxygens (including phenoxy) is 1. The summed E-state index contributed by atoms with van der Waals surface area (Å²) in [7, 11) is 3.99. The molecule has 0 radical (unpaired) electrons. The van der Waals surface area contributed by atoms with Gasteiger partial charge in [-0.15, -0.1) is 0 Å². The lowest BCUT2D eigenvalue weighted by molar-refractivity contribution is 0.0824. The molecule has 2 unspecified atom stereocenters. The molecule has 0 aliphatic carbocycles. The van der Waals surface area contributed by atoms with Crippen LogP contribution in [-0.2, 0) is 4.74 Å². The highest BCUT2D eigenvalue weighted by molar-refractivity contribution is 4.82. The van der Waals surface area contributed by atoms with E-state index >= 15 is 0 Å². The van der Waals surface area contributed by atoms with E-state index in [0.717, 1.165) is 13.2 Å². The first kappa shape index (κ1) is 11.0. The van der Waals surface area contributed by atoms with Crippen LogP contribution in [-0.4, -0.2) is 50.8 Å². The lowest BCUT2D eigenvalue weighted by atomic mass is 10.1. The van der Waals surface area contributed by atoms with Gasteiger partial charge in [0.2, 0.25) is 0 Å². The Balaban J connectivity index is 2.37. The Kier molecular flexibility index (Phi) is 4.70. The summed E-state index contributed by atoms with van der Waals surface area (Å²) in [6, 6.07) is 1.29. The van der Waals surface area contributed by atoms with Crippen molar-refractivity contribution in [2.45, 2.75) is 31.8 Å². The van der Waals surface area contributed by atoms with Crippen LogP contribution in [0.25, 0.3) is 0 Å². The number of nitrogens with zero attached hydrogens (tertiary/aromatic N) is 1. The Hall–Kier alpha value is -0.120. The maximum Gasteiger partial charge on any atom is 0.0617 e. The van der Waals surface area contributed by atoms with Gasteiger partial charge in [0.25, 0.3) is 0 Å². The number of methoxy groups -OCH3 is 1. The summed E-state index contributed by atoms with van der Waals surface area (Å²) in [5.41, 5.74) is 0. The van der Waals surface area contributed by atoms with Gasteiger partial charge < -0.3 is 10.1 Å². The van der Waals surface area contributed by atoms with E-state index in [0.29, 0.717) is 12.1 Å². The maximum atomic E-state index is 5.21. The maximum absolute atomic E-state index is 5.21. The van der Waals surface area contributed by atoms with Gasteiger partial charge in [-0.2, -0.15) is 0 Å². The van der Waals surface area contributed by atoms with Crippen molar-refractivity contribution in [3.63, 3.8) is 0 Å². The van der Waals surface area contributed by atoms with Crippen LogP contribution >= 0.6 is 0 Å². The summed E-state index contributed by atoms with van der Waals surface area (Å²) < 4.78 is 5.21. The highest BCUT2D eigenvalue weighted by Crippen LogP contribution is 2.12. The van der Waals surface area contributed by atoms with E-state index in [1.807, 2.05) is 0 Å². The molecule has 1 saturated heterocycles. The van der Waals surface area contributed by atoms with E-state index < -0.39 is 0 Å². The molecular weight excluding hydrogens is 164 g/mol. The summed E-state index contributed by atoms with van der Waals surface area (Å²) in [5.74, 6) is 0. The minimum absolute atomic E-state index is 0.579. The molecule has 3 heteroatoms. The second-order valence-electron chi connectivity index (χ2n) is 3.83. The first-order valence-corrected chi connectivity index (χ1v) is 5.21. The number of hydrogen-bond acceptors (Lipinski definition) is 3. The molecule has 1 fully saturated rings. The van der Waals surface area contributed by atoms with Crippen LogP contribution in [0.15, 0.2) is 0 Å². The van der Waals surface area contributed by atoms with Gasteiger partial charge in [-0.1, -0.05) is 6.92 Å². The van der Waals surface area contributed by atoms with Gasteiger partial charge in [0.05, 0.1) is 6.61 Å². The van der Waals surface area contributed by atoms with Crippen molar-refractivity contribution in [3.8, 4) is 0 Å². The molecule has 0 saturated carbocycles. The van der Waals surface area contributed by atoms with E-state index in [2.05, 4.69) is 24.2 Å². The Bertz CT molecular complexity index is 135. The zero-order chi connectivity index (χ0) is 9.68. The third kappa shape index (κ3) is 2.93. The Labute approximate surface area is 81.4 Å². The van der Waals surface area contributed by atoms with Gasteiger partial charge >= 0.3 is 0 Å². The topological polar surface area (TPSA) is 24.5 Å². The highest BCUT2D eigenvalue weighted by atomic mass is 16.5. The Morgan fingerprint density at radius 1 is 1.62 bits per heavy atom. The van der Waals surface area contributed by atoms with Crippen molar-refractivity contribution in [1.82, 2.24) is 10.2 Å². The minimum Gasteiger partial charge on any atom is -0.383 e. The van der Waals surface area contributed by atoms with Gasteiger partial charge in [0.15, 0.2) is 0 Å².